The summed E-state index contributed by atoms with van der Waals surface area (Å²) < 4.78 is 0. The molecule has 1 aromatic rings. The molecule has 18 heavy (non-hydrogen) atoms. The molecule has 1 amide bonds. The molecular formula is C14H18ClNO2. The van der Waals surface area contributed by atoms with Crippen molar-refractivity contribution in [2.45, 2.75) is 25.4 Å². The molecule has 1 aliphatic carbocycles. The van der Waals surface area contributed by atoms with Gasteiger partial charge in [-0.25, -0.2) is 0 Å². The van der Waals surface area contributed by atoms with Crippen LogP contribution in [0.25, 0.3) is 0 Å². The molecule has 0 aliphatic heterocycles. The van der Waals surface area contributed by atoms with Gasteiger partial charge in [0.15, 0.2) is 0 Å². The first-order valence-corrected chi connectivity index (χ1v) is 6.61. The van der Waals surface area contributed by atoms with E-state index in [0.29, 0.717) is 17.5 Å². The Balaban J connectivity index is 1.88. The van der Waals surface area contributed by atoms with Gasteiger partial charge in [0.1, 0.15) is 0 Å². The Kier molecular flexibility index (Phi) is 4.25. The molecule has 2 rings (SSSR count). The summed E-state index contributed by atoms with van der Waals surface area (Å²) in [5, 5.41) is 10.4. The molecule has 98 valence electrons. The standard InChI is InChI=1S/C14H18ClNO2/c1-16(9-13(17)10-6-7-10)14(18)8-11-4-2-3-5-12(11)15/h2-5,10,13,17H,6-9H2,1H3. The highest BCUT2D eigenvalue weighted by atomic mass is 35.5. The van der Waals surface area contributed by atoms with Crippen LogP contribution in [0.5, 0.6) is 0 Å². The van der Waals surface area contributed by atoms with Crippen LogP contribution in [0.3, 0.4) is 0 Å². The van der Waals surface area contributed by atoms with Gasteiger partial charge in [-0.1, -0.05) is 29.8 Å². The van der Waals surface area contributed by atoms with Crippen molar-refractivity contribution in [1.29, 1.82) is 0 Å². The quantitative estimate of drug-likeness (QED) is 0.888. The summed E-state index contributed by atoms with van der Waals surface area (Å²) in [6, 6.07) is 7.35. The molecular weight excluding hydrogens is 250 g/mol. The topological polar surface area (TPSA) is 40.5 Å². The predicted molar refractivity (Wildman–Crippen MR) is 71.5 cm³/mol. The van der Waals surface area contributed by atoms with Gasteiger partial charge in [0.05, 0.1) is 12.5 Å². The Bertz CT molecular complexity index is 432. The molecule has 1 aromatic carbocycles. The smallest absolute Gasteiger partial charge is 0.226 e. The second kappa shape index (κ2) is 5.72. The fraction of sp³-hybridized carbons (Fsp3) is 0.500. The number of benzene rings is 1. The van der Waals surface area contributed by atoms with Crippen molar-refractivity contribution in [3.05, 3.63) is 34.9 Å². The average molecular weight is 268 g/mol. The number of aliphatic hydroxyl groups is 1. The zero-order valence-corrected chi connectivity index (χ0v) is 11.2. The Morgan fingerprint density at radius 2 is 2.17 bits per heavy atom. The van der Waals surface area contributed by atoms with E-state index in [2.05, 4.69) is 0 Å². The number of hydrogen-bond donors (Lipinski definition) is 1. The van der Waals surface area contributed by atoms with Crippen LogP contribution in [-0.4, -0.2) is 35.6 Å². The normalized spacial score (nSPS) is 16.4. The second-order valence-corrected chi connectivity index (χ2v) is 5.35. The van der Waals surface area contributed by atoms with E-state index < -0.39 is 0 Å². The van der Waals surface area contributed by atoms with Gasteiger partial charge in [-0.2, -0.15) is 0 Å². The molecule has 0 heterocycles. The first-order chi connectivity index (χ1) is 8.58. The van der Waals surface area contributed by atoms with Crippen LogP contribution in [0.15, 0.2) is 24.3 Å². The predicted octanol–water partition coefficient (Wildman–Crippen LogP) is 2.11. The zero-order chi connectivity index (χ0) is 13.1. The Morgan fingerprint density at radius 3 is 2.78 bits per heavy atom. The molecule has 1 N–H and O–H groups in total. The molecule has 1 aliphatic rings. The minimum Gasteiger partial charge on any atom is -0.391 e. The number of aliphatic hydroxyl groups excluding tert-OH is 1. The summed E-state index contributed by atoms with van der Waals surface area (Å²) in [5.74, 6) is 0.378. The molecule has 0 radical (unpaired) electrons. The average Bonchev–Trinajstić information content (AvgIpc) is 3.15. The van der Waals surface area contributed by atoms with Crippen LogP contribution in [0.1, 0.15) is 18.4 Å². The van der Waals surface area contributed by atoms with Crippen LogP contribution in [0.4, 0.5) is 0 Å². The minimum absolute atomic E-state index is 0.0113. The highest BCUT2D eigenvalue weighted by Crippen LogP contribution is 2.32. The molecule has 1 atom stereocenters. The monoisotopic (exact) mass is 267 g/mol. The number of hydrogen-bond acceptors (Lipinski definition) is 2. The number of likely N-dealkylation sites (N-methyl/N-ethyl adjacent to an activating group) is 1. The summed E-state index contributed by atoms with van der Waals surface area (Å²) in [4.78, 5) is 13.6. The van der Waals surface area contributed by atoms with Crippen LogP contribution in [0.2, 0.25) is 5.02 Å². The van der Waals surface area contributed by atoms with Crippen molar-refractivity contribution in [1.82, 2.24) is 4.90 Å². The third-order valence-electron chi connectivity index (χ3n) is 3.35. The first-order valence-electron chi connectivity index (χ1n) is 6.23. The Hall–Kier alpha value is -1.06. The van der Waals surface area contributed by atoms with Gasteiger partial charge in [0.25, 0.3) is 0 Å². The van der Waals surface area contributed by atoms with E-state index in [1.54, 1.807) is 18.0 Å². The van der Waals surface area contributed by atoms with E-state index >= 15 is 0 Å². The number of nitrogens with zero attached hydrogens (tertiary/aromatic N) is 1. The summed E-state index contributed by atoms with van der Waals surface area (Å²) >= 11 is 6.02. The molecule has 1 fully saturated rings. The Labute approximate surface area is 112 Å². The van der Waals surface area contributed by atoms with E-state index in [0.717, 1.165) is 18.4 Å². The number of halogens is 1. The summed E-state index contributed by atoms with van der Waals surface area (Å²) in [7, 11) is 1.73. The maximum absolute atomic E-state index is 12.0. The maximum Gasteiger partial charge on any atom is 0.226 e. The summed E-state index contributed by atoms with van der Waals surface area (Å²) in [6.07, 6.45) is 2.06. The van der Waals surface area contributed by atoms with Crippen LogP contribution < -0.4 is 0 Å². The lowest BCUT2D eigenvalue weighted by Crippen LogP contribution is -2.36. The summed E-state index contributed by atoms with van der Waals surface area (Å²) in [6.45, 7) is 0.411. The van der Waals surface area contributed by atoms with Crippen molar-refractivity contribution >= 4 is 17.5 Å². The number of rotatable bonds is 5. The first kappa shape index (κ1) is 13.4. The van der Waals surface area contributed by atoms with E-state index in [1.165, 1.54) is 0 Å². The highest BCUT2D eigenvalue weighted by molar-refractivity contribution is 6.31. The summed E-state index contributed by atoms with van der Waals surface area (Å²) in [5.41, 5.74) is 0.830. The van der Waals surface area contributed by atoms with Crippen LogP contribution in [-0.2, 0) is 11.2 Å². The lowest BCUT2D eigenvalue weighted by Gasteiger charge is -2.21. The number of carbonyl (C=O) groups is 1. The largest absolute Gasteiger partial charge is 0.391 e. The van der Waals surface area contributed by atoms with Gasteiger partial charge in [0, 0.05) is 18.6 Å². The number of amides is 1. The van der Waals surface area contributed by atoms with Crippen molar-refractivity contribution in [3.8, 4) is 0 Å². The SMILES string of the molecule is CN(CC(O)C1CC1)C(=O)Cc1ccccc1Cl. The van der Waals surface area contributed by atoms with Gasteiger partial charge < -0.3 is 10.0 Å². The van der Waals surface area contributed by atoms with Gasteiger partial charge in [-0.15, -0.1) is 0 Å². The third kappa shape index (κ3) is 3.47. The third-order valence-corrected chi connectivity index (χ3v) is 3.72. The van der Waals surface area contributed by atoms with Crippen LogP contribution in [0, 0.1) is 5.92 Å². The molecule has 0 aromatic heterocycles. The molecule has 1 unspecified atom stereocenters. The minimum atomic E-state index is -0.384. The maximum atomic E-state index is 12.0. The molecule has 0 spiro atoms. The zero-order valence-electron chi connectivity index (χ0n) is 10.5. The second-order valence-electron chi connectivity index (χ2n) is 4.95. The molecule has 1 saturated carbocycles. The number of carbonyl (C=O) groups excluding carboxylic acids is 1. The molecule has 4 heteroatoms. The fourth-order valence-corrected chi connectivity index (χ4v) is 2.15. The molecule has 0 bridgehead atoms. The van der Waals surface area contributed by atoms with Gasteiger partial charge in [0.2, 0.25) is 5.91 Å². The lowest BCUT2D eigenvalue weighted by atomic mass is 10.1. The van der Waals surface area contributed by atoms with E-state index in [9.17, 15) is 9.90 Å². The lowest BCUT2D eigenvalue weighted by molar-refractivity contribution is -0.130. The van der Waals surface area contributed by atoms with Gasteiger partial charge >= 0.3 is 0 Å². The van der Waals surface area contributed by atoms with Gasteiger partial charge in [-0.05, 0) is 30.4 Å². The van der Waals surface area contributed by atoms with E-state index in [4.69, 9.17) is 11.6 Å². The highest BCUT2D eigenvalue weighted by Gasteiger charge is 2.31. The molecule has 3 nitrogen and oxygen atoms in total. The van der Waals surface area contributed by atoms with E-state index in [-0.39, 0.29) is 18.4 Å². The fourth-order valence-electron chi connectivity index (χ4n) is 1.95. The Morgan fingerprint density at radius 1 is 1.50 bits per heavy atom. The van der Waals surface area contributed by atoms with Crippen molar-refractivity contribution in [2.24, 2.45) is 5.92 Å². The van der Waals surface area contributed by atoms with Crippen molar-refractivity contribution in [2.75, 3.05) is 13.6 Å². The van der Waals surface area contributed by atoms with Crippen molar-refractivity contribution < 1.29 is 9.90 Å². The van der Waals surface area contributed by atoms with E-state index in [1.807, 2.05) is 18.2 Å². The van der Waals surface area contributed by atoms with Crippen LogP contribution >= 0.6 is 11.6 Å². The molecule has 0 saturated heterocycles. The van der Waals surface area contributed by atoms with Crippen molar-refractivity contribution in [3.63, 3.8) is 0 Å². The van der Waals surface area contributed by atoms with Gasteiger partial charge in [-0.3, -0.25) is 4.79 Å².